The number of aromatic nitrogens is 1. The number of thiazole rings is 1. The fourth-order valence-electron chi connectivity index (χ4n) is 2.81. The van der Waals surface area contributed by atoms with Gasteiger partial charge >= 0.3 is 0 Å². The molecular formula is C21H19F2N3O3S. The van der Waals surface area contributed by atoms with Crippen LogP contribution in [0.15, 0.2) is 47.8 Å². The Kier molecular flexibility index (Phi) is 6.73. The molecule has 0 radical (unpaired) electrons. The summed E-state index contributed by atoms with van der Waals surface area (Å²) in [4.78, 5) is 28.3. The number of ether oxygens (including phenoxy) is 1. The number of carbonyl (C=O) groups excluding carboxylic acids is 2. The minimum Gasteiger partial charge on any atom is -0.497 e. The molecule has 0 fully saturated rings. The predicted molar refractivity (Wildman–Crippen MR) is 110 cm³/mol. The van der Waals surface area contributed by atoms with Gasteiger partial charge < -0.3 is 15.4 Å². The number of nitrogens with zero attached hydrogens (tertiary/aromatic N) is 1. The molecule has 0 spiro atoms. The maximum Gasteiger partial charge on any atom is 0.228 e. The lowest BCUT2D eigenvalue weighted by molar-refractivity contribution is -0.120. The molecule has 30 heavy (non-hydrogen) atoms. The number of anilines is 1. The van der Waals surface area contributed by atoms with Crippen LogP contribution in [-0.2, 0) is 9.59 Å². The van der Waals surface area contributed by atoms with Crippen molar-refractivity contribution in [2.24, 2.45) is 0 Å². The molecule has 2 amide bonds. The fourth-order valence-corrected chi connectivity index (χ4v) is 3.54. The summed E-state index contributed by atoms with van der Waals surface area (Å²) in [7, 11) is 1.55. The van der Waals surface area contributed by atoms with Crippen LogP contribution in [0.1, 0.15) is 24.9 Å². The Morgan fingerprint density at radius 2 is 1.87 bits per heavy atom. The van der Waals surface area contributed by atoms with Gasteiger partial charge in [-0.2, -0.15) is 0 Å². The van der Waals surface area contributed by atoms with Crippen LogP contribution in [-0.4, -0.2) is 23.9 Å². The first-order valence-electron chi connectivity index (χ1n) is 8.97. The minimum atomic E-state index is -0.969. The number of hydrogen-bond acceptors (Lipinski definition) is 5. The molecule has 2 N–H and O–H groups in total. The molecule has 1 heterocycles. The lowest BCUT2D eigenvalue weighted by Crippen LogP contribution is -2.29. The molecule has 0 bridgehead atoms. The third-order valence-electron chi connectivity index (χ3n) is 4.25. The van der Waals surface area contributed by atoms with Crippen molar-refractivity contribution in [3.8, 4) is 17.0 Å². The van der Waals surface area contributed by atoms with Crippen molar-refractivity contribution in [1.29, 1.82) is 0 Å². The van der Waals surface area contributed by atoms with E-state index in [1.165, 1.54) is 13.0 Å². The Labute approximate surface area is 175 Å². The van der Waals surface area contributed by atoms with Crippen molar-refractivity contribution < 1.29 is 23.1 Å². The lowest BCUT2D eigenvalue weighted by atomic mass is 10.0. The van der Waals surface area contributed by atoms with Crippen LogP contribution in [0, 0.1) is 11.6 Å². The first-order chi connectivity index (χ1) is 14.4. The number of methoxy groups -OCH3 is 1. The Hall–Kier alpha value is -3.33. The summed E-state index contributed by atoms with van der Waals surface area (Å²) in [6, 6.07) is 10.00. The summed E-state index contributed by atoms with van der Waals surface area (Å²) in [5.41, 5.74) is 1.57. The zero-order valence-corrected chi connectivity index (χ0v) is 17.1. The number of rotatable bonds is 7. The molecule has 3 aromatic rings. The van der Waals surface area contributed by atoms with Crippen molar-refractivity contribution in [2.45, 2.75) is 19.4 Å². The Bertz CT molecular complexity index is 1050. The Morgan fingerprint density at radius 1 is 1.13 bits per heavy atom. The van der Waals surface area contributed by atoms with Crippen molar-refractivity contribution in [3.05, 3.63) is 65.0 Å². The average Bonchev–Trinajstić information content (AvgIpc) is 3.17. The van der Waals surface area contributed by atoms with Crippen LogP contribution >= 0.6 is 11.3 Å². The van der Waals surface area contributed by atoms with Crippen LogP contribution in [0.3, 0.4) is 0 Å². The van der Waals surface area contributed by atoms with Gasteiger partial charge in [0.1, 0.15) is 5.75 Å². The highest BCUT2D eigenvalue weighted by Crippen LogP contribution is 2.27. The zero-order chi connectivity index (χ0) is 21.7. The van der Waals surface area contributed by atoms with E-state index in [1.807, 2.05) is 0 Å². The molecule has 156 valence electrons. The van der Waals surface area contributed by atoms with Crippen molar-refractivity contribution >= 4 is 28.3 Å². The highest BCUT2D eigenvalue weighted by molar-refractivity contribution is 7.14. The second-order valence-electron chi connectivity index (χ2n) is 6.45. The van der Waals surface area contributed by atoms with E-state index < -0.39 is 17.7 Å². The predicted octanol–water partition coefficient (Wildman–Crippen LogP) is 4.30. The molecular weight excluding hydrogens is 412 g/mol. The maximum atomic E-state index is 13.4. The van der Waals surface area contributed by atoms with E-state index in [2.05, 4.69) is 15.6 Å². The van der Waals surface area contributed by atoms with Crippen LogP contribution in [0.4, 0.5) is 13.9 Å². The second-order valence-corrected chi connectivity index (χ2v) is 7.30. The summed E-state index contributed by atoms with van der Waals surface area (Å²) in [5, 5.41) is 7.39. The molecule has 0 aliphatic heterocycles. The van der Waals surface area contributed by atoms with Gasteiger partial charge in [-0.1, -0.05) is 12.1 Å². The number of carbonyl (C=O) groups is 2. The third kappa shape index (κ3) is 5.38. The van der Waals surface area contributed by atoms with Crippen LogP contribution in [0.25, 0.3) is 11.3 Å². The van der Waals surface area contributed by atoms with E-state index >= 15 is 0 Å². The van der Waals surface area contributed by atoms with Gasteiger partial charge in [-0.05, 0) is 35.9 Å². The van der Waals surface area contributed by atoms with Gasteiger partial charge in [-0.15, -0.1) is 11.3 Å². The Morgan fingerprint density at radius 3 is 2.50 bits per heavy atom. The quantitative estimate of drug-likeness (QED) is 0.585. The van der Waals surface area contributed by atoms with Gasteiger partial charge in [-0.25, -0.2) is 13.8 Å². The molecule has 9 heteroatoms. The highest BCUT2D eigenvalue weighted by Gasteiger charge is 2.18. The van der Waals surface area contributed by atoms with E-state index in [0.29, 0.717) is 22.1 Å². The summed E-state index contributed by atoms with van der Waals surface area (Å²) >= 11 is 1.16. The fraction of sp³-hybridized carbons (Fsp3) is 0.190. The first kappa shape index (κ1) is 21.4. The summed E-state index contributed by atoms with van der Waals surface area (Å²) in [5.74, 6) is -1.86. The van der Waals surface area contributed by atoms with Crippen LogP contribution in [0.5, 0.6) is 5.75 Å². The van der Waals surface area contributed by atoms with Gasteiger partial charge in [-0.3, -0.25) is 9.59 Å². The first-order valence-corrected chi connectivity index (χ1v) is 9.85. The van der Waals surface area contributed by atoms with Crippen molar-refractivity contribution in [3.63, 3.8) is 0 Å². The van der Waals surface area contributed by atoms with E-state index in [-0.39, 0.29) is 18.2 Å². The maximum absolute atomic E-state index is 13.4. The van der Waals surface area contributed by atoms with Gasteiger partial charge in [0.2, 0.25) is 11.8 Å². The number of halogens is 2. The monoisotopic (exact) mass is 431 g/mol. The van der Waals surface area contributed by atoms with E-state index in [4.69, 9.17) is 4.74 Å². The van der Waals surface area contributed by atoms with Gasteiger partial charge in [0.05, 0.1) is 25.3 Å². The molecule has 0 saturated carbocycles. The third-order valence-corrected chi connectivity index (χ3v) is 5.01. The van der Waals surface area contributed by atoms with E-state index in [9.17, 15) is 18.4 Å². The SMILES string of the molecule is COc1ccc(C(CC(=O)Nc2nc(-c3ccc(F)c(F)c3)cs2)NC(C)=O)cc1. The number of amides is 2. The van der Waals surface area contributed by atoms with Crippen molar-refractivity contribution in [2.75, 3.05) is 12.4 Å². The normalized spacial score (nSPS) is 11.6. The van der Waals surface area contributed by atoms with Crippen LogP contribution in [0.2, 0.25) is 0 Å². The van der Waals surface area contributed by atoms with E-state index in [1.54, 1.807) is 36.8 Å². The van der Waals surface area contributed by atoms with Gasteiger partial charge in [0.15, 0.2) is 16.8 Å². The summed E-state index contributed by atoms with van der Waals surface area (Å²) in [6.45, 7) is 1.38. The molecule has 0 aliphatic rings. The smallest absolute Gasteiger partial charge is 0.228 e. The average molecular weight is 431 g/mol. The standard InChI is InChI=1S/C21H19F2N3O3S/c1-12(27)24-18(13-3-6-15(29-2)7-4-13)10-20(28)26-21-25-19(11-30-21)14-5-8-16(22)17(23)9-14/h3-9,11,18H,10H2,1-2H3,(H,24,27)(H,25,26,28). The molecule has 0 aliphatic carbocycles. The Balaban J connectivity index is 1.69. The molecule has 1 atom stereocenters. The molecule has 1 unspecified atom stereocenters. The van der Waals surface area contributed by atoms with E-state index in [0.717, 1.165) is 29.0 Å². The lowest BCUT2D eigenvalue weighted by Gasteiger charge is -2.18. The molecule has 1 aromatic heterocycles. The minimum absolute atomic E-state index is 0.00794. The van der Waals surface area contributed by atoms with Crippen LogP contribution < -0.4 is 15.4 Å². The summed E-state index contributed by atoms with van der Waals surface area (Å²) < 4.78 is 31.7. The number of hydrogen-bond donors (Lipinski definition) is 2. The molecule has 2 aromatic carbocycles. The van der Waals surface area contributed by atoms with Gasteiger partial charge in [0.25, 0.3) is 0 Å². The number of nitrogens with one attached hydrogen (secondary N) is 2. The summed E-state index contributed by atoms with van der Waals surface area (Å²) in [6.07, 6.45) is -0.00794. The van der Waals surface area contributed by atoms with Crippen molar-refractivity contribution in [1.82, 2.24) is 10.3 Å². The van der Waals surface area contributed by atoms with Gasteiger partial charge in [0, 0.05) is 17.9 Å². The largest absolute Gasteiger partial charge is 0.497 e. The molecule has 0 saturated heterocycles. The zero-order valence-electron chi connectivity index (χ0n) is 16.2. The molecule has 6 nitrogen and oxygen atoms in total. The molecule has 3 rings (SSSR count). The number of benzene rings is 2. The topological polar surface area (TPSA) is 80.3 Å². The second kappa shape index (κ2) is 9.45. The highest BCUT2D eigenvalue weighted by atomic mass is 32.1.